The van der Waals surface area contributed by atoms with Crippen LogP contribution in [0.1, 0.15) is 30.0 Å². The smallest absolute Gasteiger partial charge is 0.220 e. The highest BCUT2D eigenvalue weighted by Gasteiger charge is 2.23. The van der Waals surface area contributed by atoms with E-state index in [0.717, 1.165) is 43.4 Å². The molecule has 6 nitrogen and oxygen atoms in total. The Morgan fingerprint density at radius 2 is 1.87 bits per heavy atom. The molecule has 1 heterocycles. The van der Waals surface area contributed by atoms with Crippen LogP contribution in [0, 0.1) is 6.92 Å². The van der Waals surface area contributed by atoms with E-state index >= 15 is 0 Å². The Labute approximate surface area is 179 Å². The van der Waals surface area contributed by atoms with Gasteiger partial charge in [0.05, 0.1) is 33.0 Å². The van der Waals surface area contributed by atoms with Crippen LogP contribution in [0.3, 0.4) is 0 Å². The van der Waals surface area contributed by atoms with Crippen molar-refractivity contribution in [2.75, 3.05) is 46.6 Å². The lowest BCUT2D eigenvalue weighted by Crippen LogP contribution is -2.43. The second kappa shape index (κ2) is 11.6. The molecule has 1 aliphatic heterocycles. The Kier molecular flexibility index (Phi) is 8.53. The van der Waals surface area contributed by atoms with E-state index in [1.165, 1.54) is 5.56 Å². The van der Waals surface area contributed by atoms with Gasteiger partial charge in [0.25, 0.3) is 0 Å². The molecule has 2 aromatic carbocycles. The van der Waals surface area contributed by atoms with E-state index in [0.29, 0.717) is 26.0 Å². The summed E-state index contributed by atoms with van der Waals surface area (Å²) in [6, 6.07) is 16.1. The van der Waals surface area contributed by atoms with Gasteiger partial charge in [-0.25, -0.2) is 0 Å². The number of hydrogen-bond acceptors (Lipinski definition) is 5. The molecule has 0 bridgehead atoms. The van der Waals surface area contributed by atoms with E-state index in [1.807, 2.05) is 43.3 Å². The first-order valence-corrected chi connectivity index (χ1v) is 10.6. The summed E-state index contributed by atoms with van der Waals surface area (Å²) >= 11 is 0. The van der Waals surface area contributed by atoms with Crippen LogP contribution >= 0.6 is 0 Å². The maximum absolute atomic E-state index is 12.4. The number of methoxy groups -OCH3 is 1. The van der Waals surface area contributed by atoms with Gasteiger partial charge in [0.2, 0.25) is 5.91 Å². The summed E-state index contributed by atoms with van der Waals surface area (Å²) in [5.74, 6) is 1.76. The largest absolute Gasteiger partial charge is 0.497 e. The van der Waals surface area contributed by atoms with E-state index < -0.39 is 0 Å². The summed E-state index contributed by atoms with van der Waals surface area (Å²) < 4.78 is 16.6. The first-order chi connectivity index (χ1) is 14.7. The quantitative estimate of drug-likeness (QED) is 0.607. The molecule has 1 fully saturated rings. The minimum atomic E-state index is 0.0511. The normalized spacial score (nSPS) is 15.4. The van der Waals surface area contributed by atoms with E-state index in [4.69, 9.17) is 14.2 Å². The van der Waals surface area contributed by atoms with Crippen LogP contribution in [-0.2, 0) is 9.53 Å². The fourth-order valence-electron chi connectivity index (χ4n) is 3.61. The zero-order chi connectivity index (χ0) is 21.2. The van der Waals surface area contributed by atoms with Gasteiger partial charge in [0.15, 0.2) is 0 Å². The number of hydrogen-bond donors (Lipinski definition) is 1. The molecule has 0 saturated carbocycles. The lowest BCUT2D eigenvalue weighted by Gasteiger charge is -2.35. The number of rotatable bonds is 10. The summed E-state index contributed by atoms with van der Waals surface area (Å²) in [5.41, 5.74) is 2.27. The summed E-state index contributed by atoms with van der Waals surface area (Å²) in [7, 11) is 1.66. The number of benzene rings is 2. The van der Waals surface area contributed by atoms with Crippen LogP contribution in [0.5, 0.6) is 11.5 Å². The summed E-state index contributed by atoms with van der Waals surface area (Å²) in [4.78, 5) is 14.8. The van der Waals surface area contributed by atoms with Crippen LogP contribution in [0.15, 0.2) is 48.5 Å². The Balaban J connectivity index is 1.48. The minimum absolute atomic E-state index is 0.0511. The summed E-state index contributed by atoms with van der Waals surface area (Å²) in [5, 5.41) is 3.11. The summed E-state index contributed by atoms with van der Waals surface area (Å²) in [6.45, 7) is 6.28. The molecule has 1 unspecified atom stereocenters. The molecule has 1 saturated heterocycles. The van der Waals surface area contributed by atoms with Gasteiger partial charge < -0.3 is 19.5 Å². The van der Waals surface area contributed by atoms with Gasteiger partial charge in [-0.2, -0.15) is 0 Å². The molecule has 0 spiro atoms. The second-order valence-electron chi connectivity index (χ2n) is 7.46. The van der Waals surface area contributed by atoms with Crippen LogP contribution in [0.2, 0.25) is 0 Å². The second-order valence-corrected chi connectivity index (χ2v) is 7.46. The Bertz CT molecular complexity index is 788. The van der Waals surface area contributed by atoms with Crippen molar-refractivity contribution >= 4 is 5.91 Å². The first kappa shape index (κ1) is 22.1. The van der Waals surface area contributed by atoms with Gasteiger partial charge in [0, 0.05) is 26.1 Å². The standard InChI is InChI=1S/C24H32N2O4/c1-19-6-3-4-7-23(19)30-15-5-8-24(27)25-18-22(26-13-16-29-17-14-26)20-9-11-21(28-2)12-10-20/h3-4,6-7,9-12,22H,5,8,13-18H2,1-2H3,(H,25,27). The van der Waals surface area contributed by atoms with Crippen LogP contribution in [-0.4, -0.2) is 57.4 Å². The number of amides is 1. The van der Waals surface area contributed by atoms with Crippen molar-refractivity contribution < 1.29 is 19.0 Å². The van der Waals surface area contributed by atoms with Gasteiger partial charge in [-0.1, -0.05) is 30.3 Å². The molecular formula is C24H32N2O4. The Morgan fingerprint density at radius 3 is 2.57 bits per heavy atom. The molecule has 30 heavy (non-hydrogen) atoms. The van der Waals surface area contributed by atoms with Crippen LogP contribution < -0.4 is 14.8 Å². The van der Waals surface area contributed by atoms with Crippen molar-refractivity contribution in [3.8, 4) is 11.5 Å². The molecule has 162 valence electrons. The third kappa shape index (κ3) is 6.47. The number of carbonyl (C=O) groups excluding carboxylic acids is 1. The van der Waals surface area contributed by atoms with Crippen molar-refractivity contribution in [2.45, 2.75) is 25.8 Å². The third-order valence-corrected chi connectivity index (χ3v) is 5.38. The Hall–Kier alpha value is -2.57. The molecule has 1 N–H and O–H groups in total. The highest BCUT2D eigenvalue weighted by Crippen LogP contribution is 2.24. The number of nitrogens with one attached hydrogen (secondary N) is 1. The van der Waals surface area contributed by atoms with Gasteiger partial charge in [0.1, 0.15) is 11.5 Å². The van der Waals surface area contributed by atoms with Crippen molar-refractivity contribution in [3.05, 3.63) is 59.7 Å². The van der Waals surface area contributed by atoms with E-state index in [1.54, 1.807) is 7.11 Å². The number of para-hydroxylation sites is 1. The number of nitrogens with zero attached hydrogens (tertiary/aromatic N) is 1. The van der Waals surface area contributed by atoms with E-state index in [2.05, 4.69) is 22.3 Å². The fourth-order valence-corrected chi connectivity index (χ4v) is 3.61. The highest BCUT2D eigenvalue weighted by atomic mass is 16.5. The lowest BCUT2D eigenvalue weighted by molar-refractivity contribution is -0.121. The van der Waals surface area contributed by atoms with Crippen molar-refractivity contribution in [2.24, 2.45) is 0 Å². The maximum atomic E-state index is 12.4. The average Bonchev–Trinajstić information content (AvgIpc) is 2.79. The topological polar surface area (TPSA) is 60.0 Å². The van der Waals surface area contributed by atoms with Crippen LogP contribution in [0.4, 0.5) is 0 Å². The van der Waals surface area contributed by atoms with Gasteiger partial charge in [-0.3, -0.25) is 9.69 Å². The Morgan fingerprint density at radius 1 is 1.13 bits per heavy atom. The molecular weight excluding hydrogens is 380 g/mol. The molecule has 0 aliphatic carbocycles. The number of ether oxygens (including phenoxy) is 3. The molecule has 1 atom stereocenters. The fraction of sp³-hybridized carbons (Fsp3) is 0.458. The maximum Gasteiger partial charge on any atom is 0.220 e. The lowest BCUT2D eigenvalue weighted by atomic mass is 10.0. The molecule has 2 aromatic rings. The number of carbonyl (C=O) groups is 1. The predicted octanol–water partition coefficient (Wildman–Crippen LogP) is 3.35. The van der Waals surface area contributed by atoms with Crippen molar-refractivity contribution in [1.82, 2.24) is 10.2 Å². The molecule has 0 radical (unpaired) electrons. The monoisotopic (exact) mass is 412 g/mol. The van der Waals surface area contributed by atoms with E-state index in [-0.39, 0.29) is 11.9 Å². The number of aryl methyl sites for hydroxylation is 1. The average molecular weight is 413 g/mol. The summed E-state index contributed by atoms with van der Waals surface area (Å²) in [6.07, 6.45) is 1.13. The predicted molar refractivity (Wildman–Crippen MR) is 117 cm³/mol. The molecule has 1 aliphatic rings. The van der Waals surface area contributed by atoms with Crippen molar-refractivity contribution in [3.63, 3.8) is 0 Å². The molecule has 6 heteroatoms. The van der Waals surface area contributed by atoms with Gasteiger partial charge in [-0.15, -0.1) is 0 Å². The highest BCUT2D eigenvalue weighted by molar-refractivity contribution is 5.75. The zero-order valence-corrected chi connectivity index (χ0v) is 17.9. The van der Waals surface area contributed by atoms with Crippen LogP contribution in [0.25, 0.3) is 0 Å². The molecule has 0 aromatic heterocycles. The van der Waals surface area contributed by atoms with Gasteiger partial charge in [-0.05, 0) is 42.7 Å². The first-order valence-electron chi connectivity index (χ1n) is 10.6. The SMILES string of the molecule is COc1ccc(C(CNC(=O)CCCOc2ccccc2C)N2CCOCC2)cc1. The molecule has 1 amide bonds. The van der Waals surface area contributed by atoms with Crippen molar-refractivity contribution in [1.29, 1.82) is 0 Å². The number of morpholine rings is 1. The molecule has 3 rings (SSSR count). The third-order valence-electron chi connectivity index (χ3n) is 5.38. The minimum Gasteiger partial charge on any atom is -0.497 e. The zero-order valence-electron chi connectivity index (χ0n) is 17.9. The van der Waals surface area contributed by atoms with Gasteiger partial charge >= 0.3 is 0 Å². The van der Waals surface area contributed by atoms with E-state index in [9.17, 15) is 4.79 Å².